The molecule has 0 fully saturated rings. The Balaban J connectivity index is 1.96. The second kappa shape index (κ2) is 6.90. The third-order valence-corrected chi connectivity index (χ3v) is 4.59. The molecule has 1 atom stereocenters. The number of carbonyl (C=O) groups is 1. The molecule has 0 amide bonds. The van der Waals surface area contributed by atoms with E-state index in [4.69, 9.17) is 0 Å². The van der Waals surface area contributed by atoms with Crippen LogP contribution in [0.15, 0.2) is 57.9 Å². The van der Waals surface area contributed by atoms with Crippen molar-refractivity contribution in [2.75, 3.05) is 5.75 Å². The topological polar surface area (TPSA) is 34.1 Å². The molecule has 2 aromatic rings. The zero-order chi connectivity index (χ0) is 14.5. The minimum Gasteiger partial charge on any atom is -0.294 e. The van der Waals surface area contributed by atoms with E-state index in [2.05, 4.69) is 15.9 Å². The van der Waals surface area contributed by atoms with Crippen molar-refractivity contribution in [3.05, 3.63) is 64.4 Å². The van der Waals surface area contributed by atoms with Gasteiger partial charge in [0.1, 0.15) is 5.82 Å². The molecule has 2 rings (SSSR count). The zero-order valence-corrected chi connectivity index (χ0v) is 12.9. The minimum absolute atomic E-state index is 0.131. The van der Waals surface area contributed by atoms with Crippen LogP contribution in [0, 0.1) is 5.82 Å². The normalized spacial score (nSPS) is 12.1. The summed E-state index contributed by atoms with van der Waals surface area (Å²) >= 11 is 3.32. The van der Waals surface area contributed by atoms with Gasteiger partial charge in [-0.05, 0) is 42.5 Å². The van der Waals surface area contributed by atoms with Crippen molar-refractivity contribution in [1.29, 1.82) is 0 Å². The van der Waals surface area contributed by atoms with E-state index < -0.39 is 10.8 Å². The number of rotatable bonds is 5. The molecular weight excluding hydrogens is 343 g/mol. The maximum Gasteiger partial charge on any atom is 0.163 e. The van der Waals surface area contributed by atoms with Gasteiger partial charge in [-0.3, -0.25) is 9.00 Å². The van der Waals surface area contributed by atoms with Gasteiger partial charge in [-0.2, -0.15) is 0 Å². The zero-order valence-electron chi connectivity index (χ0n) is 10.5. The number of halogens is 2. The summed E-state index contributed by atoms with van der Waals surface area (Å²) in [6.45, 7) is 0. The first kappa shape index (κ1) is 15.1. The van der Waals surface area contributed by atoms with Crippen LogP contribution in [0.5, 0.6) is 0 Å². The molecular formula is C15H12BrFO2S. The average Bonchev–Trinajstić information content (AvgIpc) is 2.45. The summed E-state index contributed by atoms with van der Waals surface area (Å²) in [7, 11) is -1.22. The molecule has 0 spiro atoms. The molecule has 0 aliphatic carbocycles. The lowest BCUT2D eigenvalue weighted by atomic mass is 10.1. The van der Waals surface area contributed by atoms with Crippen molar-refractivity contribution in [1.82, 2.24) is 0 Å². The molecule has 2 nitrogen and oxygen atoms in total. The molecule has 0 heterocycles. The summed E-state index contributed by atoms with van der Waals surface area (Å²) in [4.78, 5) is 12.6. The van der Waals surface area contributed by atoms with Crippen molar-refractivity contribution in [2.45, 2.75) is 11.3 Å². The molecule has 0 aliphatic heterocycles. The van der Waals surface area contributed by atoms with Crippen LogP contribution in [0.1, 0.15) is 16.8 Å². The van der Waals surface area contributed by atoms with Crippen molar-refractivity contribution in [3.8, 4) is 0 Å². The van der Waals surface area contributed by atoms with Gasteiger partial charge < -0.3 is 0 Å². The standard InChI is InChI=1S/C15H12BrFO2S/c16-12-2-1-3-14(10-12)20(19)9-8-15(18)11-4-6-13(17)7-5-11/h1-7,10H,8-9H2. The third-order valence-electron chi connectivity index (χ3n) is 2.74. The Morgan fingerprint density at radius 2 is 1.85 bits per heavy atom. The summed E-state index contributed by atoms with van der Waals surface area (Å²) in [6, 6.07) is 12.6. The van der Waals surface area contributed by atoms with E-state index >= 15 is 0 Å². The number of hydrogen-bond donors (Lipinski definition) is 0. The monoisotopic (exact) mass is 354 g/mol. The molecule has 0 saturated carbocycles. The third kappa shape index (κ3) is 4.08. The van der Waals surface area contributed by atoms with E-state index in [1.165, 1.54) is 24.3 Å². The van der Waals surface area contributed by atoms with E-state index in [1.54, 1.807) is 18.2 Å². The summed E-state index contributed by atoms with van der Waals surface area (Å²) in [5.74, 6) is -0.250. The lowest BCUT2D eigenvalue weighted by molar-refractivity contribution is 0.0989. The van der Waals surface area contributed by atoms with Crippen LogP contribution in [-0.4, -0.2) is 15.7 Å². The largest absolute Gasteiger partial charge is 0.294 e. The van der Waals surface area contributed by atoms with Gasteiger partial charge >= 0.3 is 0 Å². The highest BCUT2D eigenvalue weighted by Gasteiger charge is 2.10. The Kier molecular flexibility index (Phi) is 5.20. The number of carbonyl (C=O) groups excluding carboxylic acids is 1. The number of hydrogen-bond acceptors (Lipinski definition) is 2. The fourth-order valence-electron chi connectivity index (χ4n) is 1.69. The quantitative estimate of drug-likeness (QED) is 0.761. The fraction of sp³-hybridized carbons (Fsp3) is 0.133. The van der Waals surface area contributed by atoms with E-state index in [0.717, 1.165) is 4.47 Å². The van der Waals surface area contributed by atoms with Crippen molar-refractivity contribution < 1.29 is 13.4 Å². The first-order valence-electron chi connectivity index (χ1n) is 5.99. The van der Waals surface area contributed by atoms with E-state index in [0.29, 0.717) is 10.5 Å². The molecule has 0 bridgehead atoms. The van der Waals surface area contributed by atoms with Crippen LogP contribution in [0.3, 0.4) is 0 Å². The average molecular weight is 355 g/mol. The smallest absolute Gasteiger partial charge is 0.163 e. The SMILES string of the molecule is O=C(CCS(=O)c1cccc(Br)c1)c1ccc(F)cc1. The Morgan fingerprint density at radius 3 is 2.50 bits per heavy atom. The molecule has 20 heavy (non-hydrogen) atoms. The molecule has 2 aromatic carbocycles. The van der Waals surface area contributed by atoms with Gasteiger partial charge in [-0.1, -0.05) is 22.0 Å². The first-order valence-corrected chi connectivity index (χ1v) is 8.10. The van der Waals surface area contributed by atoms with Crippen molar-refractivity contribution >= 4 is 32.5 Å². The highest BCUT2D eigenvalue weighted by molar-refractivity contribution is 9.10. The number of ketones is 1. The van der Waals surface area contributed by atoms with Gasteiger partial charge in [-0.25, -0.2) is 4.39 Å². The lowest BCUT2D eigenvalue weighted by Crippen LogP contribution is -2.06. The molecule has 0 N–H and O–H groups in total. The highest BCUT2D eigenvalue weighted by atomic mass is 79.9. The molecule has 1 unspecified atom stereocenters. The second-order valence-corrected chi connectivity index (χ2v) is 6.67. The Morgan fingerprint density at radius 1 is 1.15 bits per heavy atom. The lowest BCUT2D eigenvalue weighted by Gasteiger charge is -2.03. The first-order chi connectivity index (χ1) is 9.56. The summed E-state index contributed by atoms with van der Waals surface area (Å²) < 4.78 is 25.7. The fourth-order valence-corrected chi connectivity index (χ4v) is 3.34. The molecule has 104 valence electrons. The van der Waals surface area contributed by atoms with Crippen LogP contribution in [0.4, 0.5) is 4.39 Å². The Bertz CT molecular complexity index is 641. The maximum absolute atomic E-state index is 12.8. The summed E-state index contributed by atoms with van der Waals surface area (Å²) in [6.07, 6.45) is 0.171. The second-order valence-electron chi connectivity index (χ2n) is 4.19. The van der Waals surface area contributed by atoms with Crippen LogP contribution in [-0.2, 0) is 10.8 Å². The van der Waals surface area contributed by atoms with Gasteiger partial charge in [0.25, 0.3) is 0 Å². The summed E-state index contributed by atoms with van der Waals surface area (Å²) in [5.41, 5.74) is 0.442. The van der Waals surface area contributed by atoms with Crippen LogP contribution >= 0.6 is 15.9 Å². The predicted molar refractivity (Wildman–Crippen MR) is 80.8 cm³/mol. The van der Waals surface area contributed by atoms with Gasteiger partial charge in [-0.15, -0.1) is 0 Å². The van der Waals surface area contributed by atoms with Gasteiger partial charge in [0, 0.05) is 27.1 Å². The van der Waals surface area contributed by atoms with Crippen molar-refractivity contribution in [2.24, 2.45) is 0 Å². The van der Waals surface area contributed by atoms with Crippen LogP contribution in [0.25, 0.3) is 0 Å². The molecule has 0 aromatic heterocycles. The predicted octanol–water partition coefficient (Wildman–Crippen LogP) is 3.97. The molecule has 0 radical (unpaired) electrons. The minimum atomic E-state index is -1.22. The Labute approximate surface area is 127 Å². The number of Topliss-reactive ketones (excluding diaryl/α,β-unsaturated/α-hetero) is 1. The van der Waals surface area contributed by atoms with E-state index in [1.807, 2.05) is 6.07 Å². The van der Waals surface area contributed by atoms with Crippen LogP contribution in [0.2, 0.25) is 0 Å². The molecule has 5 heteroatoms. The number of benzene rings is 2. The maximum atomic E-state index is 12.8. The summed E-state index contributed by atoms with van der Waals surface area (Å²) in [5, 5.41) is 0. The highest BCUT2D eigenvalue weighted by Crippen LogP contribution is 2.16. The van der Waals surface area contributed by atoms with E-state index in [9.17, 15) is 13.4 Å². The van der Waals surface area contributed by atoms with E-state index in [-0.39, 0.29) is 23.8 Å². The molecule has 0 aliphatic rings. The Hall–Kier alpha value is -1.33. The van der Waals surface area contributed by atoms with Gasteiger partial charge in [0.2, 0.25) is 0 Å². The van der Waals surface area contributed by atoms with Crippen molar-refractivity contribution in [3.63, 3.8) is 0 Å². The van der Waals surface area contributed by atoms with Crippen LogP contribution < -0.4 is 0 Å². The van der Waals surface area contributed by atoms with Gasteiger partial charge in [0.05, 0.1) is 10.8 Å². The van der Waals surface area contributed by atoms with Gasteiger partial charge in [0.15, 0.2) is 5.78 Å². The molecule has 0 saturated heterocycles.